The number of nitrogens with one attached hydrogen (secondary N) is 1. The number of carbonyl (C=O) groups excluding carboxylic acids is 1. The van der Waals surface area contributed by atoms with Crippen LogP contribution in [0.15, 0.2) is 109 Å². The predicted octanol–water partition coefficient (Wildman–Crippen LogP) is 6.68. The first kappa shape index (κ1) is 24.3. The Morgan fingerprint density at radius 2 is 1.57 bits per heavy atom. The van der Waals surface area contributed by atoms with Crippen molar-refractivity contribution in [3.8, 4) is 5.75 Å². The molecule has 1 heterocycles. The Morgan fingerprint density at radius 1 is 0.865 bits per heavy atom. The molecule has 4 nitrogen and oxygen atoms in total. The van der Waals surface area contributed by atoms with Gasteiger partial charge in [0.05, 0.1) is 7.11 Å². The van der Waals surface area contributed by atoms with Crippen LogP contribution in [0.25, 0.3) is 10.9 Å². The Balaban J connectivity index is 1.49. The van der Waals surface area contributed by atoms with Crippen LogP contribution in [0.5, 0.6) is 5.75 Å². The molecule has 0 unspecified atom stereocenters. The van der Waals surface area contributed by atoms with Gasteiger partial charge in [0, 0.05) is 42.5 Å². The molecule has 0 spiro atoms. The number of nitrogens with zero attached hydrogens (tertiary/aromatic N) is 1. The molecule has 1 amide bonds. The summed E-state index contributed by atoms with van der Waals surface area (Å²) in [6, 6.07) is 32.6. The van der Waals surface area contributed by atoms with Gasteiger partial charge in [-0.1, -0.05) is 72.8 Å². The molecular formula is C32H29FN2O2. The molecule has 1 N–H and O–H groups in total. The summed E-state index contributed by atoms with van der Waals surface area (Å²) >= 11 is 0. The minimum Gasteiger partial charge on any atom is -0.497 e. The van der Waals surface area contributed by atoms with Crippen LogP contribution < -0.4 is 10.1 Å². The summed E-state index contributed by atoms with van der Waals surface area (Å²) in [5.41, 5.74) is 5.27. The summed E-state index contributed by atoms with van der Waals surface area (Å²) in [6.45, 7) is 1.09. The Hall–Kier alpha value is -4.38. The van der Waals surface area contributed by atoms with Crippen LogP contribution >= 0.6 is 0 Å². The number of carbonyl (C=O) groups is 1. The quantitative estimate of drug-likeness (QED) is 0.250. The number of amides is 1. The van der Waals surface area contributed by atoms with E-state index in [1.807, 2.05) is 78.9 Å². The lowest BCUT2D eigenvalue weighted by Gasteiger charge is -2.18. The van der Waals surface area contributed by atoms with Crippen LogP contribution in [0.2, 0.25) is 0 Å². The predicted molar refractivity (Wildman–Crippen MR) is 145 cm³/mol. The van der Waals surface area contributed by atoms with E-state index in [9.17, 15) is 9.18 Å². The Labute approximate surface area is 216 Å². The average Bonchev–Trinajstić information content (AvgIpc) is 3.30. The van der Waals surface area contributed by atoms with Crippen molar-refractivity contribution in [2.45, 2.75) is 25.4 Å². The summed E-state index contributed by atoms with van der Waals surface area (Å²) in [7, 11) is 1.65. The lowest BCUT2D eigenvalue weighted by Crippen LogP contribution is -2.25. The first-order valence-corrected chi connectivity index (χ1v) is 12.4. The topological polar surface area (TPSA) is 43.3 Å². The maximum atomic E-state index is 13.5. The molecule has 0 radical (unpaired) electrons. The van der Waals surface area contributed by atoms with Gasteiger partial charge in [-0.05, 0) is 52.6 Å². The van der Waals surface area contributed by atoms with Crippen molar-refractivity contribution in [1.82, 2.24) is 9.88 Å². The number of aromatic nitrogens is 1. The molecule has 1 atom stereocenters. The zero-order valence-corrected chi connectivity index (χ0v) is 20.7. The first-order chi connectivity index (χ1) is 18.1. The Kier molecular flexibility index (Phi) is 7.31. The molecular weight excluding hydrogens is 463 g/mol. The number of hydrogen-bond donors (Lipinski definition) is 1. The second kappa shape index (κ2) is 11.1. The van der Waals surface area contributed by atoms with E-state index in [4.69, 9.17) is 4.74 Å². The van der Waals surface area contributed by atoms with Gasteiger partial charge in [0.1, 0.15) is 11.6 Å². The smallest absolute Gasteiger partial charge is 0.221 e. The summed E-state index contributed by atoms with van der Waals surface area (Å²) in [5.74, 6) is 0.360. The van der Waals surface area contributed by atoms with E-state index in [2.05, 4.69) is 28.2 Å². The zero-order valence-electron chi connectivity index (χ0n) is 20.7. The van der Waals surface area contributed by atoms with Crippen molar-refractivity contribution in [3.05, 3.63) is 137 Å². The second-order valence-electron chi connectivity index (χ2n) is 9.15. The second-order valence-corrected chi connectivity index (χ2v) is 9.15. The molecule has 0 bridgehead atoms. The molecule has 0 aliphatic rings. The fraction of sp³-hybridized carbons (Fsp3) is 0.156. The number of rotatable bonds is 9. The third-order valence-corrected chi connectivity index (χ3v) is 6.70. The highest BCUT2D eigenvalue weighted by Crippen LogP contribution is 2.36. The Morgan fingerprint density at radius 3 is 2.30 bits per heavy atom. The lowest BCUT2D eigenvalue weighted by atomic mass is 9.88. The third-order valence-electron chi connectivity index (χ3n) is 6.70. The molecule has 4 aromatic carbocycles. The van der Waals surface area contributed by atoms with Crippen LogP contribution in [0.4, 0.5) is 4.39 Å². The Bertz CT molecular complexity index is 1480. The van der Waals surface area contributed by atoms with Gasteiger partial charge in [0.25, 0.3) is 0 Å². The van der Waals surface area contributed by atoms with Crippen molar-refractivity contribution in [1.29, 1.82) is 0 Å². The van der Waals surface area contributed by atoms with E-state index in [-0.39, 0.29) is 17.6 Å². The van der Waals surface area contributed by atoms with Gasteiger partial charge in [-0.25, -0.2) is 4.39 Å². The number of methoxy groups -OCH3 is 1. The maximum Gasteiger partial charge on any atom is 0.221 e. The van der Waals surface area contributed by atoms with Gasteiger partial charge in [0.15, 0.2) is 0 Å². The minimum absolute atomic E-state index is 0.0139. The molecule has 37 heavy (non-hydrogen) atoms. The largest absolute Gasteiger partial charge is 0.497 e. The lowest BCUT2D eigenvalue weighted by molar-refractivity contribution is -0.121. The highest BCUT2D eigenvalue weighted by atomic mass is 19.1. The normalized spacial score (nSPS) is 11.8. The minimum atomic E-state index is -0.247. The van der Waals surface area contributed by atoms with Gasteiger partial charge in [-0.2, -0.15) is 0 Å². The number of benzene rings is 4. The summed E-state index contributed by atoms with van der Waals surface area (Å²) < 4.78 is 21.0. The van der Waals surface area contributed by atoms with Crippen LogP contribution in [0, 0.1) is 5.82 Å². The molecule has 5 rings (SSSR count). The standard InChI is InChI=1S/C32H29FN2O2/c1-37-27-17-13-25(14-18-27)29(19-32(36)34-20-23-7-3-2-4-8-23)30-22-35(31-10-6-5-9-28(30)31)21-24-11-15-26(33)16-12-24/h2-18,22,29H,19-21H2,1H3,(H,34,36)/t29-/m0/s1. The van der Waals surface area contributed by atoms with Crippen LogP contribution in [0.1, 0.15) is 34.6 Å². The number of halogens is 1. The highest BCUT2D eigenvalue weighted by molar-refractivity contribution is 5.86. The van der Waals surface area contributed by atoms with Crippen molar-refractivity contribution in [2.75, 3.05) is 7.11 Å². The van der Waals surface area contributed by atoms with Crippen molar-refractivity contribution < 1.29 is 13.9 Å². The maximum absolute atomic E-state index is 13.5. The fourth-order valence-electron chi connectivity index (χ4n) is 4.77. The van der Waals surface area contributed by atoms with E-state index in [1.54, 1.807) is 7.11 Å². The van der Waals surface area contributed by atoms with Crippen LogP contribution in [0.3, 0.4) is 0 Å². The molecule has 5 heteroatoms. The summed E-state index contributed by atoms with van der Waals surface area (Å²) in [4.78, 5) is 13.2. The zero-order chi connectivity index (χ0) is 25.6. The molecule has 1 aromatic heterocycles. The summed E-state index contributed by atoms with van der Waals surface area (Å²) in [5, 5.41) is 4.18. The van der Waals surface area contributed by atoms with Crippen molar-refractivity contribution in [2.24, 2.45) is 0 Å². The SMILES string of the molecule is COc1ccc([C@H](CC(=O)NCc2ccccc2)c2cn(Cc3ccc(F)cc3)c3ccccc23)cc1. The van der Waals surface area contributed by atoms with Gasteiger partial charge in [-0.3, -0.25) is 4.79 Å². The van der Waals surface area contributed by atoms with E-state index in [1.165, 1.54) is 12.1 Å². The number of hydrogen-bond acceptors (Lipinski definition) is 2. The van der Waals surface area contributed by atoms with Crippen molar-refractivity contribution >= 4 is 16.8 Å². The van der Waals surface area contributed by atoms with Gasteiger partial charge >= 0.3 is 0 Å². The van der Waals surface area contributed by atoms with Crippen LogP contribution in [-0.2, 0) is 17.9 Å². The van der Waals surface area contributed by atoms with E-state index in [0.29, 0.717) is 19.5 Å². The number of fused-ring (bicyclic) bond motifs is 1. The monoisotopic (exact) mass is 492 g/mol. The molecule has 186 valence electrons. The van der Waals surface area contributed by atoms with E-state index in [0.717, 1.165) is 38.9 Å². The fourth-order valence-corrected chi connectivity index (χ4v) is 4.77. The molecule has 0 fully saturated rings. The first-order valence-electron chi connectivity index (χ1n) is 12.4. The number of ether oxygens (including phenoxy) is 1. The van der Waals surface area contributed by atoms with Gasteiger partial charge < -0.3 is 14.6 Å². The van der Waals surface area contributed by atoms with Crippen LogP contribution in [-0.4, -0.2) is 17.6 Å². The third kappa shape index (κ3) is 5.72. The molecule has 0 aliphatic heterocycles. The molecule has 0 aliphatic carbocycles. The van der Waals surface area contributed by atoms with E-state index < -0.39 is 0 Å². The van der Waals surface area contributed by atoms with Gasteiger partial charge in [0.2, 0.25) is 5.91 Å². The molecule has 5 aromatic rings. The highest BCUT2D eigenvalue weighted by Gasteiger charge is 2.23. The number of para-hydroxylation sites is 1. The average molecular weight is 493 g/mol. The van der Waals surface area contributed by atoms with E-state index >= 15 is 0 Å². The van der Waals surface area contributed by atoms with Gasteiger partial charge in [-0.15, -0.1) is 0 Å². The van der Waals surface area contributed by atoms with Crippen molar-refractivity contribution in [3.63, 3.8) is 0 Å². The molecule has 0 saturated carbocycles. The summed E-state index contributed by atoms with van der Waals surface area (Å²) in [6.07, 6.45) is 2.44. The molecule has 0 saturated heterocycles.